The molecule has 7 nitrogen and oxygen atoms in total. The number of nitrogens with one attached hydrogen (secondary N) is 2. The van der Waals surface area contributed by atoms with Crippen molar-refractivity contribution in [3.05, 3.63) is 56.2 Å². The molecule has 28 heavy (non-hydrogen) atoms. The van der Waals surface area contributed by atoms with Crippen LogP contribution in [0.2, 0.25) is 0 Å². The van der Waals surface area contributed by atoms with Gasteiger partial charge in [0.1, 0.15) is 21.3 Å². The van der Waals surface area contributed by atoms with Gasteiger partial charge in [0.05, 0.1) is 5.39 Å². The molecule has 9 heteroatoms. The Bertz CT molecular complexity index is 1150. The predicted molar refractivity (Wildman–Crippen MR) is 104 cm³/mol. The van der Waals surface area contributed by atoms with Crippen molar-refractivity contribution in [1.82, 2.24) is 9.97 Å². The first kappa shape index (κ1) is 19.7. The maximum Gasteiger partial charge on any atom is 0.349 e. The number of aryl methyl sites for hydroxylation is 3. The Morgan fingerprint density at radius 2 is 2.00 bits per heavy atom. The van der Waals surface area contributed by atoms with Crippen LogP contribution in [-0.4, -0.2) is 27.9 Å². The van der Waals surface area contributed by atoms with Crippen molar-refractivity contribution in [3.63, 3.8) is 0 Å². The molecule has 0 aliphatic heterocycles. The molecule has 1 amide bonds. The number of halogens is 1. The maximum atomic E-state index is 13.6. The first-order valence-electron chi connectivity index (χ1n) is 8.45. The van der Waals surface area contributed by atoms with Crippen molar-refractivity contribution in [2.75, 3.05) is 5.32 Å². The number of nitrogens with zero attached hydrogens (tertiary/aromatic N) is 1. The molecular formula is C19H18FN3O4S. The monoisotopic (exact) mass is 403 g/mol. The minimum Gasteiger partial charge on any atom is -0.448 e. The number of carbonyl (C=O) groups is 2. The van der Waals surface area contributed by atoms with Crippen molar-refractivity contribution in [2.24, 2.45) is 0 Å². The summed E-state index contributed by atoms with van der Waals surface area (Å²) in [7, 11) is 0. The van der Waals surface area contributed by atoms with Gasteiger partial charge in [0.2, 0.25) is 0 Å². The Labute approximate surface area is 163 Å². The van der Waals surface area contributed by atoms with Crippen LogP contribution >= 0.6 is 11.3 Å². The lowest BCUT2D eigenvalue weighted by atomic mass is 10.2. The second kappa shape index (κ2) is 7.51. The van der Waals surface area contributed by atoms with E-state index in [0.717, 1.165) is 11.3 Å². The molecular weight excluding hydrogens is 385 g/mol. The average molecular weight is 403 g/mol. The topological polar surface area (TPSA) is 101 Å². The van der Waals surface area contributed by atoms with Crippen molar-refractivity contribution >= 4 is 39.1 Å². The van der Waals surface area contributed by atoms with Crippen LogP contribution in [0.15, 0.2) is 23.0 Å². The van der Waals surface area contributed by atoms with Gasteiger partial charge in [-0.05, 0) is 51.0 Å². The molecule has 2 N–H and O–H groups in total. The van der Waals surface area contributed by atoms with Crippen LogP contribution in [-0.2, 0) is 9.53 Å². The normalized spacial score (nSPS) is 12.0. The number of hydrogen-bond acceptors (Lipinski definition) is 6. The number of anilines is 1. The predicted octanol–water partition coefficient (Wildman–Crippen LogP) is 3.23. The second-order valence-electron chi connectivity index (χ2n) is 6.39. The second-order valence-corrected chi connectivity index (χ2v) is 7.39. The summed E-state index contributed by atoms with van der Waals surface area (Å²) in [5.41, 5.74) is 0.839. The van der Waals surface area contributed by atoms with Gasteiger partial charge in [-0.2, -0.15) is 0 Å². The fourth-order valence-electron chi connectivity index (χ4n) is 2.63. The van der Waals surface area contributed by atoms with Gasteiger partial charge in [0.15, 0.2) is 6.10 Å². The van der Waals surface area contributed by atoms with Gasteiger partial charge < -0.3 is 15.0 Å². The minimum absolute atomic E-state index is 0.208. The van der Waals surface area contributed by atoms with Crippen molar-refractivity contribution < 1.29 is 18.7 Å². The highest BCUT2D eigenvalue weighted by Gasteiger charge is 2.24. The van der Waals surface area contributed by atoms with Gasteiger partial charge in [-0.25, -0.2) is 14.2 Å². The van der Waals surface area contributed by atoms with E-state index >= 15 is 0 Å². The van der Waals surface area contributed by atoms with Gasteiger partial charge in [-0.3, -0.25) is 9.59 Å². The smallest absolute Gasteiger partial charge is 0.349 e. The van der Waals surface area contributed by atoms with Crippen LogP contribution in [0.4, 0.5) is 10.1 Å². The number of hydrogen-bond donors (Lipinski definition) is 2. The van der Waals surface area contributed by atoms with E-state index in [2.05, 4.69) is 15.3 Å². The molecule has 0 radical (unpaired) electrons. The number of amides is 1. The highest BCUT2D eigenvalue weighted by molar-refractivity contribution is 7.20. The molecule has 0 spiro atoms. The van der Waals surface area contributed by atoms with E-state index in [0.29, 0.717) is 27.2 Å². The maximum absolute atomic E-state index is 13.6. The first-order valence-corrected chi connectivity index (χ1v) is 9.27. The quantitative estimate of drug-likeness (QED) is 0.652. The lowest BCUT2D eigenvalue weighted by Gasteiger charge is -2.13. The summed E-state index contributed by atoms with van der Waals surface area (Å²) >= 11 is 1.03. The number of esters is 1. The molecule has 0 unspecified atom stereocenters. The Morgan fingerprint density at radius 3 is 2.68 bits per heavy atom. The fraction of sp³-hybridized carbons (Fsp3) is 0.263. The van der Waals surface area contributed by atoms with Gasteiger partial charge >= 0.3 is 5.97 Å². The number of thiophene rings is 1. The molecule has 0 aliphatic rings. The summed E-state index contributed by atoms with van der Waals surface area (Å²) in [6.07, 6.45) is -1.12. The van der Waals surface area contributed by atoms with Crippen LogP contribution in [0.1, 0.15) is 33.5 Å². The Hall–Kier alpha value is -3.07. The highest BCUT2D eigenvalue weighted by atomic mass is 32.1. The molecule has 0 saturated carbocycles. The zero-order chi connectivity index (χ0) is 20.6. The largest absolute Gasteiger partial charge is 0.448 e. The van der Waals surface area contributed by atoms with Gasteiger partial charge in [0.25, 0.3) is 11.5 Å². The molecule has 2 aromatic heterocycles. The lowest BCUT2D eigenvalue weighted by Crippen LogP contribution is -2.30. The van der Waals surface area contributed by atoms with E-state index in [1.54, 1.807) is 26.8 Å². The third kappa shape index (κ3) is 3.79. The zero-order valence-electron chi connectivity index (χ0n) is 15.7. The zero-order valence-corrected chi connectivity index (χ0v) is 16.5. The first-order chi connectivity index (χ1) is 13.2. The fourth-order valence-corrected chi connectivity index (χ4v) is 3.74. The summed E-state index contributed by atoms with van der Waals surface area (Å²) in [4.78, 5) is 44.3. The van der Waals surface area contributed by atoms with Crippen LogP contribution in [0.25, 0.3) is 10.2 Å². The van der Waals surface area contributed by atoms with Gasteiger partial charge in [-0.1, -0.05) is 6.07 Å². The van der Waals surface area contributed by atoms with Gasteiger partial charge in [-0.15, -0.1) is 11.3 Å². The number of fused-ring (bicyclic) bond motifs is 1. The van der Waals surface area contributed by atoms with Crippen molar-refractivity contribution in [3.8, 4) is 0 Å². The number of benzene rings is 1. The van der Waals surface area contributed by atoms with E-state index in [1.807, 2.05) is 0 Å². The molecule has 3 aromatic rings. The van der Waals surface area contributed by atoms with E-state index < -0.39 is 23.8 Å². The molecule has 3 rings (SSSR count). The van der Waals surface area contributed by atoms with Crippen molar-refractivity contribution in [2.45, 2.75) is 33.8 Å². The molecule has 0 saturated heterocycles. The van der Waals surface area contributed by atoms with Crippen LogP contribution in [0.3, 0.4) is 0 Å². The minimum atomic E-state index is -1.12. The van der Waals surface area contributed by atoms with Crippen LogP contribution in [0.5, 0.6) is 0 Å². The average Bonchev–Trinajstić information content (AvgIpc) is 2.94. The standard InChI is InChI=1S/C19H18FN3O4S/c1-8-5-6-12(7-13(8)20)23-16(24)10(3)27-19(26)15-9(2)14-17(25)21-11(4)22-18(14)28-15/h5-7,10H,1-4H3,(H,23,24)(H,21,22,25)/t10-/m0/s1. The molecule has 0 aliphatic carbocycles. The number of H-pyrrole nitrogens is 1. The third-order valence-corrected chi connectivity index (χ3v) is 5.36. The third-order valence-electron chi connectivity index (χ3n) is 4.20. The Morgan fingerprint density at radius 1 is 1.29 bits per heavy atom. The summed E-state index contributed by atoms with van der Waals surface area (Å²) in [5.74, 6) is -1.33. The number of aromatic amines is 1. The summed E-state index contributed by atoms with van der Waals surface area (Å²) in [6, 6.07) is 4.29. The summed E-state index contributed by atoms with van der Waals surface area (Å²) < 4.78 is 18.8. The summed E-state index contributed by atoms with van der Waals surface area (Å²) in [6.45, 7) is 6.30. The lowest BCUT2D eigenvalue weighted by molar-refractivity contribution is -0.123. The number of aromatic nitrogens is 2. The number of carbonyl (C=O) groups excluding carboxylic acids is 2. The number of rotatable bonds is 4. The molecule has 1 aromatic carbocycles. The van der Waals surface area contributed by atoms with Crippen LogP contribution in [0, 0.1) is 26.6 Å². The Kier molecular flexibility index (Phi) is 5.28. The summed E-state index contributed by atoms with van der Waals surface area (Å²) in [5, 5.41) is 2.83. The molecule has 0 fully saturated rings. The van der Waals surface area contributed by atoms with Gasteiger partial charge in [0, 0.05) is 5.69 Å². The van der Waals surface area contributed by atoms with E-state index in [4.69, 9.17) is 4.74 Å². The van der Waals surface area contributed by atoms with E-state index in [-0.39, 0.29) is 16.1 Å². The van der Waals surface area contributed by atoms with Crippen molar-refractivity contribution in [1.29, 1.82) is 0 Å². The number of ether oxygens (including phenoxy) is 1. The molecule has 146 valence electrons. The van der Waals surface area contributed by atoms with E-state index in [9.17, 15) is 18.8 Å². The highest BCUT2D eigenvalue weighted by Crippen LogP contribution is 2.28. The SMILES string of the molecule is Cc1nc2sc(C(=O)O[C@@H](C)C(=O)Nc3ccc(C)c(F)c3)c(C)c2c(=O)[nH]1. The Balaban J connectivity index is 1.76. The molecule has 1 atom stereocenters. The molecule has 0 bridgehead atoms. The van der Waals surface area contributed by atoms with Crippen LogP contribution < -0.4 is 10.9 Å². The molecule has 2 heterocycles. The van der Waals surface area contributed by atoms with E-state index in [1.165, 1.54) is 19.1 Å².